The van der Waals surface area contributed by atoms with Gasteiger partial charge < -0.3 is 15.3 Å². The molecule has 2 N–H and O–H groups in total. The van der Waals surface area contributed by atoms with Gasteiger partial charge in [0.25, 0.3) is 0 Å². The molecule has 0 aromatic heterocycles. The second-order valence-electron chi connectivity index (χ2n) is 6.55. The first-order valence-corrected chi connectivity index (χ1v) is 8.66. The monoisotopic (exact) mass is 316 g/mol. The van der Waals surface area contributed by atoms with Crippen molar-refractivity contribution in [3.63, 3.8) is 0 Å². The zero-order chi connectivity index (χ0) is 16.0. The highest BCUT2D eigenvalue weighted by Crippen LogP contribution is 2.26. The van der Waals surface area contributed by atoms with Crippen LogP contribution < -0.4 is 5.32 Å². The standard InChI is InChI=1S/C15H28N2O3S/c1-11-12(2)21-10-9-17(11)14(20)16-8-7-15(3,4)6-5-13(18)19/h11-12H,5-10H2,1-4H3,(H,16,20)(H,18,19). The Morgan fingerprint density at radius 2 is 2.00 bits per heavy atom. The molecule has 6 heteroatoms. The molecule has 0 aliphatic carbocycles. The van der Waals surface area contributed by atoms with Gasteiger partial charge in [-0.05, 0) is 25.2 Å². The van der Waals surface area contributed by atoms with Gasteiger partial charge in [-0.1, -0.05) is 20.8 Å². The molecule has 0 aromatic carbocycles. The number of urea groups is 1. The fourth-order valence-corrected chi connectivity index (χ4v) is 3.50. The fraction of sp³-hybridized carbons (Fsp3) is 0.867. The van der Waals surface area contributed by atoms with E-state index in [1.54, 1.807) is 0 Å². The van der Waals surface area contributed by atoms with Crippen molar-refractivity contribution >= 4 is 23.8 Å². The summed E-state index contributed by atoms with van der Waals surface area (Å²) < 4.78 is 0. The van der Waals surface area contributed by atoms with Crippen molar-refractivity contribution in [3.05, 3.63) is 0 Å². The second kappa shape index (κ2) is 7.92. The molecule has 1 aliphatic heterocycles. The number of carboxylic acids is 1. The number of carbonyl (C=O) groups excluding carboxylic acids is 1. The Balaban J connectivity index is 2.34. The molecule has 0 saturated carbocycles. The maximum atomic E-state index is 12.2. The number of nitrogens with zero attached hydrogens (tertiary/aromatic N) is 1. The van der Waals surface area contributed by atoms with Crippen molar-refractivity contribution in [3.8, 4) is 0 Å². The smallest absolute Gasteiger partial charge is 0.317 e. The zero-order valence-corrected chi connectivity index (χ0v) is 14.3. The predicted molar refractivity (Wildman–Crippen MR) is 86.8 cm³/mol. The molecule has 5 nitrogen and oxygen atoms in total. The molecule has 122 valence electrons. The number of rotatable bonds is 6. The van der Waals surface area contributed by atoms with E-state index in [-0.39, 0.29) is 23.9 Å². The van der Waals surface area contributed by atoms with Gasteiger partial charge in [-0.15, -0.1) is 0 Å². The van der Waals surface area contributed by atoms with Crippen LogP contribution in [-0.2, 0) is 4.79 Å². The average Bonchev–Trinajstić information content (AvgIpc) is 2.39. The van der Waals surface area contributed by atoms with Gasteiger partial charge in [0.15, 0.2) is 0 Å². The topological polar surface area (TPSA) is 69.6 Å². The molecule has 0 spiro atoms. The van der Waals surface area contributed by atoms with Crippen molar-refractivity contribution in [1.29, 1.82) is 0 Å². The molecule has 1 saturated heterocycles. The average molecular weight is 316 g/mol. The SMILES string of the molecule is CC1SCCN(C(=O)NCCC(C)(C)CCC(=O)O)C1C. The maximum Gasteiger partial charge on any atom is 0.317 e. The van der Waals surface area contributed by atoms with Gasteiger partial charge in [-0.3, -0.25) is 4.79 Å². The number of nitrogens with one attached hydrogen (secondary N) is 1. The normalized spacial score (nSPS) is 23.0. The summed E-state index contributed by atoms with van der Waals surface area (Å²) in [5.41, 5.74) is -0.0671. The van der Waals surface area contributed by atoms with Crippen LogP contribution >= 0.6 is 11.8 Å². The summed E-state index contributed by atoms with van der Waals surface area (Å²) in [5, 5.41) is 12.2. The highest BCUT2D eigenvalue weighted by atomic mass is 32.2. The van der Waals surface area contributed by atoms with E-state index in [0.717, 1.165) is 18.7 Å². The van der Waals surface area contributed by atoms with Crippen molar-refractivity contribution in [2.24, 2.45) is 5.41 Å². The molecular formula is C15H28N2O3S. The van der Waals surface area contributed by atoms with Crippen LogP contribution in [0.25, 0.3) is 0 Å². The molecule has 1 heterocycles. The third-order valence-corrected chi connectivity index (χ3v) is 5.58. The Labute approximate surface area is 131 Å². The number of thioether (sulfide) groups is 1. The van der Waals surface area contributed by atoms with E-state index in [9.17, 15) is 9.59 Å². The van der Waals surface area contributed by atoms with Crippen LogP contribution in [0.5, 0.6) is 0 Å². The Hall–Kier alpha value is -0.910. The summed E-state index contributed by atoms with van der Waals surface area (Å²) in [4.78, 5) is 24.7. The van der Waals surface area contributed by atoms with Crippen LogP contribution in [0.2, 0.25) is 0 Å². The van der Waals surface area contributed by atoms with Crippen LogP contribution in [0.3, 0.4) is 0 Å². The van der Waals surface area contributed by atoms with Gasteiger partial charge in [-0.2, -0.15) is 11.8 Å². The third kappa shape index (κ3) is 6.16. The lowest BCUT2D eigenvalue weighted by Crippen LogP contribution is -2.52. The number of amides is 2. The summed E-state index contributed by atoms with van der Waals surface area (Å²) in [6.45, 7) is 9.73. The summed E-state index contributed by atoms with van der Waals surface area (Å²) in [6.07, 6.45) is 1.60. The van der Waals surface area contributed by atoms with Crippen LogP contribution in [0.1, 0.15) is 47.0 Å². The van der Waals surface area contributed by atoms with E-state index in [4.69, 9.17) is 5.11 Å². The molecule has 2 amide bonds. The van der Waals surface area contributed by atoms with Gasteiger partial charge in [0, 0.05) is 36.6 Å². The quantitative estimate of drug-likeness (QED) is 0.790. The molecule has 1 fully saturated rings. The van der Waals surface area contributed by atoms with Gasteiger partial charge in [0.1, 0.15) is 0 Å². The molecule has 2 unspecified atom stereocenters. The summed E-state index contributed by atoms with van der Waals surface area (Å²) >= 11 is 1.91. The van der Waals surface area contributed by atoms with Crippen LogP contribution in [0.15, 0.2) is 0 Å². The number of aliphatic carboxylic acids is 1. The Morgan fingerprint density at radius 3 is 2.62 bits per heavy atom. The predicted octanol–water partition coefficient (Wildman–Crippen LogP) is 2.80. The van der Waals surface area contributed by atoms with Crippen LogP contribution in [0.4, 0.5) is 4.79 Å². The van der Waals surface area contributed by atoms with E-state index in [2.05, 4.69) is 19.2 Å². The lowest BCUT2D eigenvalue weighted by atomic mass is 9.84. The summed E-state index contributed by atoms with van der Waals surface area (Å²) in [5.74, 6) is 0.226. The molecule has 21 heavy (non-hydrogen) atoms. The van der Waals surface area contributed by atoms with Gasteiger partial charge in [0.2, 0.25) is 0 Å². The van der Waals surface area contributed by atoms with E-state index in [1.807, 2.05) is 30.5 Å². The van der Waals surface area contributed by atoms with Gasteiger partial charge in [0.05, 0.1) is 0 Å². The lowest BCUT2D eigenvalue weighted by molar-refractivity contribution is -0.137. The Kier molecular flexibility index (Phi) is 6.84. The minimum absolute atomic E-state index is 0.00341. The highest BCUT2D eigenvalue weighted by Gasteiger charge is 2.29. The minimum Gasteiger partial charge on any atom is -0.481 e. The molecule has 0 aromatic rings. The first-order chi connectivity index (χ1) is 9.73. The second-order valence-corrected chi connectivity index (χ2v) is 8.03. The summed E-state index contributed by atoms with van der Waals surface area (Å²) in [6, 6.07) is 0.257. The van der Waals surface area contributed by atoms with Crippen LogP contribution in [0, 0.1) is 5.41 Å². The number of carbonyl (C=O) groups is 2. The van der Waals surface area contributed by atoms with Gasteiger partial charge >= 0.3 is 12.0 Å². The van der Waals surface area contributed by atoms with E-state index >= 15 is 0 Å². The van der Waals surface area contributed by atoms with Crippen molar-refractivity contribution in [2.75, 3.05) is 18.8 Å². The van der Waals surface area contributed by atoms with Crippen molar-refractivity contribution in [2.45, 2.75) is 58.2 Å². The Bertz CT molecular complexity index is 374. The fourth-order valence-electron chi connectivity index (χ4n) is 2.40. The van der Waals surface area contributed by atoms with E-state index < -0.39 is 5.97 Å². The minimum atomic E-state index is -0.763. The van der Waals surface area contributed by atoms with Crippen molar-refractivity contribution < 1.29 is 14.7 Å². The van der Waals surface area contributed by atoms with Gasteiger partial charge in [-0.25, -0.2) is 4.79 Å². The molecule has 0 radical (unpaired) electrons. The summed E-state index contributed by atoms with van der Waals surface area (Å²) in [7, 11) is 0. The zero-order valence-electron chi connectivity index (χ0n) is 13.5. The maximum absolute atomic E-state index is 12.2. The van der Waals surface area contributed by atoms with Crippen molar-refractivity contribution in [1.82, 2.24) is 10.2 Å². The molecule has 0 bridgehead atoms. The Morgan fingerprint density at radius 1 is 1.33 bits per heavy atom. The molecular weight excluding hydrogens is 288 g/mol. The number of hydrogen-bond donors (Lipinski definition) is 2. The van der Waals surface area contributed by atoms with E-state index in [1.165, 1.54) is 0 Å². The van der Waals surface area contributed by atoms with Crippen LogP contribution in [-0.4, -0.2) is 52.1 Å². The first-order valence-electron chi connectivity index (χ1n) is 7.61. The number of hydrogen-bond acceptors (Lipinski definition) is 3. The molecule has 1 rings (SSSR count). The third-order valence-electron chi connectivity index (χ3n) is 4.24. The van der Waals surface area contributed by atoms with E-state index in [0.29, 0.717) is 18.2 Å². The highest BCUT2D eigenvalue weighted by molar-refractivity contribution is 8.00. The number of carboxylic acid groups (broad SMARTS) is 1. The largest absolute Gasteiger partial charge is 0.481 e. The molecule has 1 aliphatic rings. The lowest BCUT2D eigenvalue weighted by Gasteiger charge is -2.37. The molecule has 2 atom stereocenters. The first kappa shape index (κ1) is 18.1.